The molecule has 1 aliphatic rings. The molecule has 0 amide bonds. The Morgan fingerprint density at radius 2 is 2.18 bits per heavy atom. The Morgan fingerprint density at radius 3 is 2.65 bits per heavy atom. The Morgan fingerprint density at radius 1 is 1.47 bits per heavy atom. The molecule has 100 valence electrons. The summed E-state index contributed by atoms with van der Waals surface area (Å²) in [6.45, 7) is 5.19. The first-order chi connectivity index (χ1) is 7.93. The van der Waals surface area contributed by atoms with Crippen LogP contribution in [0.2, 0.25) is 0 Å². The standard InChI is InChI=1S/C11H23N3O2S/c1-9(2)4-6-13-11(12-3)14-10-5-7-17(15,16)8-10/h9-10H,4-8H2,1-3H3,(H2,12,13,14). The van der Waals surface area contributed by atoms with Crippen LogP contribution in [0, 0.1) is 5.92 Å². The largest absolute Gasteiger partial charge is 0.356 e. The number of nitrogens with zero attached hydrogens (tertiary/aromatic N) is 1. The first kappa shape index (κ1) is 14.3. The molecule has 6 heteroatoms. The third kappa shape index (κ3) is 5.39. The summed E-state index contributed by atoms with van der Waals surface area (Å²) in [5, 5.41) is 6.35. The van der Waals surface area contributed by atoms with Gasteiger partial charge in [-0.1, -0.05) is 13.8 Å². The summed E-state index contributed by atoms with van der Waals surface area (Å²) in [5.41, 5.74) is 0. The highest BCUT2D eigenvalue weighted by Crippen LogP contribution is 2.10. The number of aliphatic imine (C=N–C) groups is 1. The maximum absolute atomic E-state index is 11.3. The highest BCUT2D eigenvalue weighted by Gasteiger charge is 2.28. The molecule has 5 nitrogen and oxygen atoms in total. The molecule has 0 bridgehead atoms. The van der Waals surface area contributed by atoms with Crippen molar-refractivity contribution in [3.05, 3.63) is 0 Å². The summed E-state index contributed by atoms with van der Waals surface area (Å²) < 4.78 is 22.6. The first-order valence-corrected chi connectivity index (χ1v) is 7.92. The van der Waals surface area contributed by atoms with Crippen LogP contribution in [0.4, 0.5) is 0 Å². The molecule has 1 rings (SSSR count). The van der Waals surface area contributed by atoms with Gasteiger partial charge in [-0.25, -0.2) is 8.42 Å². The fraction of sp³-hybridized carbons (Fsp3) is 0.909. The van der Waals surface area contributed by atoms with Crippen LogP contribution in [-0.4, -0.2) is 45.5 Å². The molecule has 0 aromatic carbocycles. The van der Waals surface area contributed by atoms with Crippen LogP contribution >= 0.6 is 0 Å². The van der Waals surface area contributed by atoms with Crippen LogP contribution in [0.3, 0.4) is 0 Å². The van der Waals surface area contributed by atoms with Gasteiger partial charge in [0.25, 0.3) is 0 Å². The van der Waals surface area contributed by atoms with Crippen molar-refractivity contribution >= 4 is 15.8 Å². The summed E-state index contributed by atoms with van der Waals surface area (Å²) in [6, 6.07) is 0.00486. The predicted molar refractivity (Wildman–Crippen MR) is 71.0 cm³/mol. The van der Waals surface area contributed by atoms with Crippen LogP contribution in [-0.2, 0) is 9.84 Å². The Bertz CT molecular complexity index is 363. The van der Waals surface area contributed by atoms with Crippen LogP contribution in [0.15, 0.2) is 4.99 Å². The molecule has 1 unspecified atom stereocenters. The molecule has 2 N–H and O–H groups in total. The quantitative estimate of drug-likeness (QED) is 0.567. The zero-order valence-electron chi connectivity index (χ0n) is 10.9. The van der Waals surface area contributed by atoms with Gasteiger partial charge in [-0.05, 0) is 18.8 Å². The normalized spacial score (nSPS) is 24.0. The third-order valence-corrected chi connectivity index (χ3v) is 4.58. The molecule has 0 radical (unpaired) electrons. The minimum absolute atomic E-state index is 0.00486. The third-order valence-electron chi connectivity index (χ3n) is 2.81. The van der Waals surface area contributed by atoms with Gasteiger partial charge in [0.05, 0.1) is 11.5 Å². The van der Waals surface area contributed by atoms with Crippen molar-refractivity contribution in [1.82, 2.24) is 10.6 Å². The maximum Gasteiger partial charge on any atom is 0.191 e. The lowest BCUT2D eigenvalue weighted by Crippen LogP contribution is -2.44. The van der Waals surface area contributed by atoms with Gasteiger partial charge in [0.1, 0.15) is 0 Å². The fourth-order valence-electron chi connectivity index (χ4n) is 1.78. The Labute approximate surface area is 104 Å². The number of hydrogen-bond donors (Lipinski definition) is 2. The number of nitrogens with one attached hydrogen (secondary N) is 2. The second-order valence-electron chi connectivity index (χ2n) is 4.93. The molecule has 0 aromatic rings. The summed E-state index contributed by atoms with van der Waals surface area (Å²) in [5.74, 6) is 1.85. The number of hydrogen-bond acceptors (Lipinski definition) is 3. The lowest BCUT2D eigenvalue weighted by atomic mass is 10.1. The second kappa shape index (κ2) is 6.23. The zero-order valence-corrected chi connectivity index (χ0v) is 11.7. The van der Waals surface area contributed by atoms with E-state index in [1.807, 2.05) is 0 Å². The molecule has 1 fully saturated rings. The minimum atomic E-state index is -2.83. The molecule has 1 saturated heterocycles. The predicted octanol–water partition coefficient (Wildman–Crippen LogP) is 0.385. The summed E-state index contributed by atoms with van der Waals surface area (Å²) in [6.07, 6.45) is 1.75. The highest BCUT2D eigenvalue weighted by molar-refractivity contribution is 7.91. The molecule has 0 saturated carbocycles. The zero-order chi connectivity index (χ0) is 12.9. The smallest absolute Gasteiger partial charge is 0.191 e. The van der Waals surface area contributed by atoms with Gasteiger partial charge < -0.3 is 10.6 Å². The molecule has 0 spiro atoms. The van der Waals surface area contributed by atoms with Crippen molar-refractivity contribution in [1.29, 1.82) is 0 Å². The van der Waals surface area contributed by atoms with E-state index in [4.69, 9.17) is 0 Å². The average molecular weight is 261 g/mol. The van der Waals surface area contributed by atoms with Gasteiger partial charge in [0.15, 0.2) is 15.8 Å². The SMILES string of the molecule is CN=C(NCCC(C)C)NC1CCS(=O)(=O)C1. The average Bonchev–Trinajstić information content (AvgIpc) is 2.56. The Hall–Kier alpha value is -0.780. The van der Waals surface area contributed by atoms with Gasteiger partial charge in [-0.15, -0.1) is 0 Å². The van der Waals surface area contributed by atoms with Crippen LogP contribution in [0.1, 0.15) is 26.7 Å². The van der Waals surface area contributed by atoms with Crippen LogP contribution in [0.25, 0.3) is 0 Å². The number of rotatable bonds is 4. The van der Waals surface area contributed by atoms with Gasteiger partial charge in [-0.3, -0.25) is 4.99 Å². The summed E-state index contributed by atoms with van der Waals surface area (Å²) >= 11 is 0. The van der Waals surface area contributed by atoms with Crippen LogP contribution in [0.5, 0.6) is 0 Å². The topological polar surface area (TPSA) is 70.6 Å². The molecule has 1 atom stereocenters. The van der Waals surface area contributed by atoms with E-state index in [9.17, 15) is 8.42 Å². The van der Waals surface area contributed by atoms with E-state index >= 15 is 0 Å². The molecule has 17 heavy (non-hydrogen) atoms. The van der Waals surface area contributed by atoms with Crippen molar-refractivity contribution in [2.75, 3.05) is 25.1 Å². The molecule has 0 aromatic heterocycles. The second-order valence-corrected chi connectivity index (χ2v) is 7.15. The van der Waals surface area contributed by atoms with E-state index < -0.39 is 9.84 Å². The van der Waals surface area contributed by atoms with Gasteiger partial charge >= 0.3 is 0 Å². The Balaban J connectivity index is 2.33. The van der Waals surface area contributed by atoms with Crippen LogP contribution < -0.4 is 10.6 Å². The first-order valence-electron chi connectivity index (χ1n) is 6.10. The number of sulfone groups is 1. The number of guanidine groups is 1. The van der Waals surface area contributed by atoms with E-state index in [0.29, 0.717) is 18.3 Å². The lowest BCUT2D eigenvalue weighted by Gasteiger charge is -2.16. The lowest BCUT2D eigenvalue weighted by molar-refractivity contribution is 0.567. The van der Waals surface area contributed by atoms with Gasteiger partial charge in [0, 0.05) is 19.6 Å². The Kier molecular flexibility index (Phi) is 5.24. The van der Waals surface area contributed by atoms with E-state index in [1.165, 1.54) is 0 Å². The van der Waals surface area contributed by atoms with Crippen molar-refractivity contribution in [3.63, 3.8) is 0 Å². The van der Waals surface area contributed by atoms with E-state index in [-0.39, 0.29) is 17.5 Å². The van der Waals surface area contributed by atoms with E-state index in [0.717, 1.165) is 13.0 Å². The van der Waals surface area contributed by atoms with Crippen molar-refractivity contribution in [3.8, 4) is 0 Å². The summed E-state index contributed by atoms with van der Waals surface area (Å²) in [4.78, 5) is 4.10. The molecular formula is C11H23N3O2S. The van der Waals surface area contributed by atoms with Gasteiger partial charge in [-0.2, -0.15) is 0 Å². The summed E-state index contributed by atoms with van der Waals surface area (Å²) in [7, 11) is -1.13. The monoisotopic (exact) mass is 261 g/mol. The van der Waals surface area contributed by atoms with E-state index in [2.05, 4.69) is 29.5 Å². The minimum Gasteiger partial charge on any atom is -0.356 e. The molecule has 1 aliphatic heterocycles. The highest BCUT2D eigenvalue weighted by atomic mass is 32.2. The fourth-order valence-corrected chi connectivity index (χ4v) is 3.45. The van der Waals surface area contributed by atoms with Crippen molar-refractivity contribution in [2.24, 2.45) is 10.9 Å². The van der Waals surface area contributed by atoms with Crippen molar-refractivity contribution < 1.29 is 8.42 Å². The van der Waals surface area contributed by atoms with Crippen molar-refractivity contribution in [2.45, 2.75) is 32.7 Å². The molecule has 0 aliphatic carbocycles. The molecule has 1 heterocycles. The van der Waals surface area contributed by atoms with E-state index in [1.54, 1.807) is 7.05 Å². The van der Waals surface area contributed by atoms with Gasteiger partial charge in [0.2, 0.25) is 0 Å². The maximum atomic E-state index is 11.3. The molecular weight excluding hydrogens is 238 g/mol.